The van der Waals surface area contributed by atoms with Gasteiger partial charge in [0.05, 0.1) is 17.0 Å². The van der Waals surface area contributed by atoms with E-state index in [-0.39, 0.29) is 23.3 Å². The summed E-state index contributed by atoms with van der Waals surface area (Å²) in [5.41, 5.74) is 6.89. The maximum Gasteiger partial charge on any atom is 0.250 e. The lowest BCUT2D eigenvalue weighted by Gasteiger charge is -2.15. The number of aromatic nitrogens is 3. The van der Waals surface area contributed by atoms with E-state index in [4.69, 9.17) is 22.1 Å². The van der Waals surface area contributed by atoms with E-state index in [9.17, 15) is 9.59 Å². The number of thioether (sulfide) groups is 1. The Kier molecular flexibility index (Phi) is 7.19. The van der Waals surface area contributed by atoms with E-state index < -0.39 is 5.91 Å². The highest BCUT2D eigenvalue weighted by atomic mass is 35.5. The third-order valence-electron chi connectivity index (χ3n) is 4.47. The number of carbonyl (C=O) groups is 2. The number of amides is 2. The second-order valence-corrected chi connectivity index (χ2v) is 8.17. The number of primary amides is 1. The molecule has 2 amide bonds. The molecule has 0 spiro atoms. The van der Waals surface area contributed by atoms with E-state index >= 15 is 0 Å². The van der Waals surface area contributed by atoms with Crippen LogP contribution in [0, 0.1) is 6.92 Å². The number of carbonyl (C=O) groups excluding carboxylic acids is 2. The summed E-state index contributed by atoms with van der Waals surface area (Å²) in [5, 5.41) is 12.3. The Bertz CT molecular complexity index is 1120. The molecule has 162 valence electrons. The number of aryl methyl sites for hydroxylation is 1. The molecule has 0 saturated heterocycles. The van der Waals surface area contributed by atoms with Gasteiger partial charge in [-0.15, -0.1) is 10.2 Å². The number of nitrogens with zero attached hydrogens (tertiary/aromatic N) is 3. The minimum Gasteiger partial charge on any atom is -0.483 e. The van der Waals surface area contributed by atoms with Gasteiger partial charge in [-0.2, -0.15) is 0 Å². The molecule has 0 aliphatic rings. The van der Waals surface area contributed by atoms with Crippen molar-refractivity contribution in [2.75, 3.05) is 11.1 Å². The molecule has 0 fully saturated rings. The van der Waals surface area contributed by atoms with E-state index in [2.05, 4.69) is 15.5 Å². The lowest BCUT2D eigenvalue weighted by Crippen LogP contribution is -2.19. The Hall–Kier alpha value is -3.04. The van der Waals surface area contributed by atoms with Crippen molar-refractivity contribution < 1.29 is 14.3 Å². The summed E-state index contributed by atoms with van der Waals surface area (Å²) in [6.07, 6.45) is -0.358. The average molecular weight is 460 g/mol. The minimum absolute atomic E-state index is 0.0880. The van der Waals surface area contributed by atoms with Gasteiger partial charge in [0.1, 0.15) is 5.75 Å². The first-order valence-electron chi connectivity index (χ1n) is 9.40. The smallest absolute Gasteiger partial charge is 0.250 e. The highest BCUT2D eigenvalue weighted by molar-refractivity contribution is 7.99. The van der Waals surface area contributed by atoms with Crippen LogP contribution in [-0.2, 0) is 11.8 Å². The van der Waals surface area contributed by atoms with Crippen molar-refractivity contribution in [2.24, 2.45) is 12.8 Å². The summed E-state index contributed by atoms with van der Waals surface area (Å²) in [5.74, 6) is 0.495. The molecule has 0 radical (unpaired) electrons. The first kappa shape index (κ1) is 22.6. The maximum atomic E-state index is 12.3. The molecule has 8 nitrogen and oxygen atoms in total. The third kappa shape index (κ3) is 5.56. The van der Waals surface area contributed by atoms with Gasteiger partial charge in [0.25, 0.3) is 5.91 Å². The van der Waals surface area contributed by atoms with Gasteiger partial charge in [-0.05, 0) is 49.7 Å². The molecule has 1 heterocycles. The number of ether oxygens (including phenoxy) is 1. The Morgan fingerprint density at radius 3 is 2.71 bits per heavy atom. The SMILES string of the molecule is Cc1cc(OC(C)c2nnc(SCC(=O)Nc3ccccc3C(N)=O)n2C)ccc1Cl. The van der Waals surface area contributed by atoms with Crippen LogP contribution in [0.25, 0.3) is 0 Å². The Morgan fingerprint density at radius 2 is 2.00 bits per heavy atom. The normalized spacial score (nSPS) is 11.7. The fourth-order valence-electron chi connectivity index (χ4n) is 2.88. The van der Waals surface area contributed by atoms with Crippen LogP contribution < -0.4 is 15.8 Å². The lowest BCUT2D eigenvalue weighted by atomic mass is 10.1. The molecule has 1 unspecified atom stereocenters. The largest absolute Gasteiger partial charge is 0.483 e. The predicted octanol–water partition coefficient (Wildman–Crippen LogP) is 3.75. The summed E-state index contributed by atoms with van der Waals surface area (Å²) in [4.78, 5) is 23.8. The van der Waals surface area contributed by atoms with Crippen molar-refractivity contribution in [3.8, 4) is 5.75 Å². The number of nitrogens with two attached hydrogens (primary N) is 1. The zero-order chi connectivity index (χ0) is 22.5. The van der Waals surface area contributed by atoms with Crippen molar-refractivity contribution in [1.82, 2.24) is 14.8 Å². The highest BCUT2D eigenvalue weighted by Crippen LogP contribution is 2.26. The van der Waals surface area contributed by atoms with Gasteiger partial charge in [-0.3, -0.25) is 9.59 Å². The number of hydrogen-bond donors (Lipinski definition) is 2. The van der Waals surface area contributed by atoms with Crippen LogP contribution in [0.15, 0.2) is 47.6 Å². The molecule has 0 bridgehead atoms. The van der Waals surface area contributed by atoms with Gasteiger partial charge < -0.3 is 20.4 Å². The Labute approximate surface area is 189 Å². The molecule has 10 heteroatoms. The molecular formula is C21H22ClN5O3S. The molecule has 3 aromatic rings. The van der Waals surface area contributed by atoms with Gasteiger partial charge in [0.15, 0.2) is 17.1 Å². The van der Waals surface area contributed by atoms with Gasteiger partial charge >= 0.3 is 0 Å². The molecule has 1 aromatic heterocycles. The van der Waals surface area contributed by atoms with Crippen molar-refractivity contribution >= 4 is 40.9 Å². The topological polar surface area (TPSA) is 112 Å². The van der Waals surface area contributed by atoms with Crippen molar-refractivity contribution in [3.63, 3.8) is 0 Å². The van der Waals surface area contributed by atoms with Crippen LogP contribution in [-0.4, -0.2) is 32.3 Å². The van der Waals surface area contributed by atoms with Gasteiger partial charge in [-0.25, -0.2) is 0 Å². The minimum atomic E-state index is -0.605. The summed E-state index contributed by atoms with van der Waals surface area (Å²) < 4.78 is 7.74. The summed E-state index contributed by atoms with van der Waals surface area (Å²) >= 11 is 7.28. The number of anilines is 1. The van der Waals surface area contributed by atoms with Crippen LogP contribution in [0.5, 0.6) is 5.75 Å². The van der Waals surface area contributed by atoms with Gasteiger partial charge in [-0.1, -0.05) is 35.5 Å². The summed E-state index contributed by atoms with van der Waals surface area (Å²) in [7, 11) is 1.81. The van der Waals surface area contributed by atoms with E-state index in [0.717, 1.165) is 5.56 Å². The molecular weight excluding hydrogens is 438 g/mol. The zero-order valence-corrected chi connectivity index (χ0v) is 18.8. The molecule has 2 aromatic carbocycles. The number of hydrogen-bond acceptors (Lipinski definition) is 6. The second-order valence-electron chi connectivity index (χ2n) is 6.82. The Balaban J connectivity index is 1.62. The number of halogens is 1. The van der Waals surface area contributed by atoms with Gasteiger partial charge in [0, 0.05) is 12.1 Å². The number of benzene rings is 2. The molecule has 1 atom stereocenters. The standard InChI is InChI=1S/C21H22ClN5O3S/c1-12-10-14(8-9-16(12)22)30-13(2)20-25-26-21(27(20)3)31-11-18(28)24-17-7-5-4-6-15(17)19(23)29/h4-10,13H,11H2,1-3H3,(H2,23,29)(H,24,28). The lowest BCUT2D eigenvalue weighted by molar-refractivity contribution is -0.113. The molecule has 3 N–H and O–H groups in total. The van der Waals surface area contributed by atoms with Crippen LogP contribution in [0.1, 0.15) is 34.8 Å². The van der Waals surface area contributed by atoms with Crippen LogP contribution in [0.4, 0.5) is 5.69 Å². The summed E-state index contributed by atoms with van der Waals surface area (Å²) in [6.45, 7) is 3.78. The van der Waals surface area contributed by atoms with E-state index in [1.54, 1.807) is 41.0 Å². The first-order valence-corrected chi connectivity index (χ1v) is 10.8. The fraction of sp³-hybridized carbons (Fsp3) is 0.238. The van der Waals surface area contributed by atoms with E-state index in [1.165, 1.54) is 11.8 Å². The summed E-state index contributed by atoms with van der Waals surface area (Å²) in [6, 6.07) is 12.0. The van der Waals surface area contributed by atoms with Gasteiger partial charge in [0.2, 0.25) is 5.91 Å². The van der Waals surface area contributed by atoms with Crippen molar-refractivity contribution in [3.05, 3.63) is 64.4 Å². The zero-order valence-electron chi connectivity index (χ0n) is 17.3. The second kappa shape index (κ2) is 9.84. The molecule has 0 aliphatic heterocycles. The monoisotopic (exact) mass is 459 g/mol. The molecule has 0 saturated carbocycles. The van der Waals surface area contributed by atoms with E-state index in [0.29, 0.717) is 27.4 Å². The first-order chi connectivity index (χ1) is 14.8. The maximum absolute atomic E-state index is 12.3. The van der Waals surface area contributed by atoms with E-state index in [1.807, 2.05) is 27.0 Å². The molecule has 31 heavy (non-hydrogen) atoms. The molecule has 3 rings (SSSR count). The van der Waals surface area contributed by atoms with Crippen LogP contribution in [0.3, 0.4) is 0 Å². The fourth-order valence-corrected chi connectivity index (χ4v) is 3.71. The predicted molar refractivity (Wildman–Crippen MR) is 121 cm³/mol. The van der Waals surface area contributed by atoms with Crippen LogP contribution in [0.2, 0.25) is 5.02 Å². The third-order valence-corrected chi connectivity index (χ3v) is 5.92. The quantitative estimate of drug-likeness (QED) is 0.496. The number of rotatable bonds is 8. The number of para-hydroxylation sites is 1. The average Bonchev–Trinajstić information content (AvgIpc) is 3.10. The van der Waals surface area contributed by atoms with Crippen LogP contribution >= 0.6 is 23.4 Å². The molecule has 0 aliphatic carbocycles. The van der Waals surface area contributed by atoms with Crippen molar-refractivity contribution in [1.29, 1.82) is 0 Å². The van der Waals surface area contributed by atoms with Crippen molar-refractivity contribution in [2.45, 2.75) is 25.1 Å². The number of nitrogens with one attached hydrogen (secondary N) is 1. The highest BCUT2D eigenvalue weighted by Gasteiger charge is 2.19. The Morgan fingerprint density at radius 1 is 1.26 bits per heavy atom.